The van der Waals surface area contributed by atoms with Crippen molar-refractivity contribution in [2.24, 2.45) is 0 Å². The summed E-state index contributed by atoms with van der Waals surface area (Å²) >= 11 is 0. The van der Waals surface area contributed by atoms with Gasteiger partial charge in [0.25, 0.3) is 0 Å². The van der Waals surface area contributed by atoms with E-state index in [1.165, 1.54) is 5.57 Å². The summed E-state index contributed by atoms with van der Waals surface area (Å²) in [6.07, 6.45) is 5.55. The molecule has 0 unspecified atom stereocenters. The monoisotopic (exact) mass is 165 g/mol. The molecule has 0 fully saturated rings. The van der Waals surface area contributed by atoms with E-state index in [4.69, 9.17) is 4.42 Å². The Balaban J connectivity index is 2.46. The molecule has 0 atom stereocenters. The lowest BCUT2D eigenvalue weighted by atomic mass is 10.2. The molecule has 1 heterocycles. The van der Waals surface area contributed by atoms with Crippen molar-refractivity contribution < 1.29 is 4.42 Å². The van der Waals surface area contributed by atoms with E-state index in [2.05, 4.69) is 25.2 Å². The van der Waals surface area contributed by atoms with Crippen LogP contribution < -0.4 is 5.32 Å². The fraction of sp³-hybridized carbons (Fsp3) is 0.400. The number of nitrogens with one attached hydrogen (secondary N) is 1. The molecular formula is C10H15NO. The molecule has 0 spiro atoms. The molecule has 0 amide bonds. The van der Waals surface area contributed by atoms with Crippen LogP contribution in [-0.2, 0) is 0 Å². The Hall–Kier alpha value is -1.02. The Labute approximate surface area is 73.3 Å². The van der Waals surface area contributed by atoms with Crippen LogP contribution in [-0.4, -0.2) is 13.1 Å². The van der Waals surface area contributed by atoms with Crippen LogP contribution in [0.5, 0.6) is 0 Å². The molecule has 0 aliphatic carbocycles. The molecule has 12 heavy (non-hydrogen) atoms. The Morgan fingerprint density at radius 2 is 2.50 bits per heavy atom. The van der Waals surface area contributed by atoms with E-state index in [-0.39, 0.29) is 0 Å². The smallest absolute Gasteiger partial charge is 0.0974 e. The van der Waals surface area contributed by atoms with Crippen LogP contribution in [0.25, 0.3) is 6.08 Å². The van der Waals surface area contributed by atoms with Gasteiger partial charge in [-0.1, -0.05) is 18.6 Å². The zero-order valence-corrected chi connectivity index (χ0v) is 7.63. The molecule has 0 saturated carbocycles. The summed E-state index contributed by atoms with van der Waals surface area (Å²) in [5.41, 5.74) is 2.45. The summed E-state index contributed by atoms with van der Waals surface area (Å²) in [4.78, 5) is 0. The lowest BCUT2D eigenvalue weighted by Gasteiger charge is -1.99. The predicted octanol–water partition coefficient (Wildman–Crippen LogP) is 2.29. The van der Waals surface area contributed by atoms with Crippen LogP contribution in [0.1, 0.15) is 19.4 Å². The summed E-state index contributed by atoms with van der Waals surface area (Å²) in [5.74, 6) is 0. The maximum absolute atomic E-state index is 4.95. The molecule has 1 aromatic rings. The van der Waals surface area contributed by atoms with Gasteiger partial charge in [0.1, 0.15) is 0 Å². The first-order valence-corrected chi connectivity index (χ1v) is 4.23. The molecule has 0 aromatic carbocycles. The van der Waals surface area contributed by atoms with E-state index in [9.17, 15) is 0 Å². The number of hydrogen-bond acceptors (Lipinski definition) is 2. The van der Waals surface area contributed by atoms with E-state index >= 15 is 0 Å². The summed E-state index contributed by atoms with van der Waals surface area (Å²) in [5, 5.41) is 3.26. The van der Waals surface area contributed by atoms with E-state index in [0.29, 0.717) is 0 Å². The normalized spacial score (nSPS) is 12.0. The zero-order valence-electron chi connectivity index (χ0n) is 7.63. The van der Waals surface area contributed by atoms with Gasteiger partial charge in [-0.25, -0.2) is 0 Å². The van der Waals surface area contributed by atoms with Crippen LogP contribution in [0.15, 0.2) is 28.6 Å². The fourth-order valence-electron chi connectivity index (χ4n) is 1.01. The Kier molecular flexibility index (Phi) is 3.61. The van der Waals surface area contributed by atoms with Crippen LogP contribution >= 0.6 is 0 Å². The Bertz CT molecular complexity index is 236. The fourth-order valence-corrected chi connectivity index (χ4v) is 1.01. The van der Waals surface area contributed by atoms with Gasteiger partial charge in [0.15, 0.2) is 0 Å². The van der Waals surface area contributed by atoms with Gasteiger partial charge in [-0.3, -0.25) is 0 Å². The van der Waals surface area contributed by atoms with Crippen LogP contribution in [0.3, 0.4) is 0 Å². The van der Waals surface area contributed by atoms with Gasteiger partial charge in [0, 0.05) is 12.1 Å². The van der Waals surface area contributed by atoms with Crippen LogP contribution in [0.2, 0.25) is 0 Å². The van der Waals surface area contributed by atoms with Gasteiger partial charge in [-0.2, -0.15) is 0 Å². The summed E-state index contributed by atoms with van der Waals surface area (Å²) in [6.45, 7) is 6.17. The Morgan fingerprint density at radius 3 is 3.08 bits per heavy atom. The average molecular weight is 165 g/mol. The maximum atomic E-state index is 4.95. The zero-order chi connectivity index (χ0) is 8.81. The summed E-state index contributed by atoms with van der Waals surface area (Å²) in [7, 11) is 0. The highest BCUT2D eigenvalue weighted by Gasteiger charge is 1.91. The lowest BCUT2D eigenvalue weighted by Crippen LogP contribution is -2.14. The largest absolute Gasteiger partial charge is 0.472 e. The van der Waals surface area contributed by atoms with Crippen molar-refractivity contribution >= 4 is 6.08 Å². The highest BCUT2D eigenvalue weighted by molar-refractivity contribution is 5.50. The predicted molar refractivity (Wildman–Crippen MR) is 50.9 cm³/mol. The molecule has 66 valence electrons. The second kappa shape index (κ2) is 4.78. The van der Waals surface area contributed by atoms with E-state index in [0.717, 1.165) is 18.7 Å². The molecule has 0 radical (unpaired) electrons. The molecule has 1 N–H and O–H groups in total. The highest BCUT2D eigenvalue weighted by atomic mass is 16.3. The minimum Gasteiger partial charge on any atom is -0.472 e. The van der Waals surface area contributed by atoms with Crippen molar-refractivity contribution in [2.45, 2.75) is 13.8 Å². The van der Waals surface area contributed by atoms with Gasteiger partial charge in [0.2, 0.25) is 0 Å². The SMILES string of the molecule is CCNCC(C)=Cc1ccoc1. The van der Waals surface area contributed by atoms with Crippen LogP contribution in [0.4, 0.5) is 0 Å². The Morgan fingerprint density at radius 1 is 1.67 bits per heavy atom. The third-order valence-electron chi connectivity index (χ3n) is 1.61. The minimum atomic E-state index is 0.946. The second-order valence-corrected chi connectivity index (χ2v) is 2.83. The van der Waals surface area contributed by atoms with Crippen molar-refractivity contribution in [1.29, 1.82) is 0 Å². The van der Waals surface area contributed by atoms with Crippen molar-refractivity contribution in [2.75, 3.05) is 13.1 Å². The van der Waals surface area contributed by atoms with Crippen molar-refractivity contribution in [3.8, 4) is 0 Å². The van der Waals surface area contributed by atoms with Gasteiger partial charge in [0.05, 0.1) is 12.5 Å². The third-order valence-corrected chi connectivity index (χ3v) is 1.61. The molecule has 0 aliphatic heterocycles. The summed E-state index contributed by atoms with van der Waals surface area (Å²) < 4.78 is 4.95. The van der Waals surface area contributed by atoms with Crippen molar-refractivity contribution in [3.63, 3.8) is 0 Å². The van der Waals surface area contributed by atoms with Gasteiger partial charge in [-0.05, 0) is 19.5 Å². The number of likely N-dealkylation sites (N-methyl/N-ethyl adjacent to an activating group) is 1. The molecular weight excluding hydrogens is 150 g/mol. The maximum Gasteiger partial charge on any atom is 0.0974 e. The molecule has 2 nitrogen and oxygen atoms in total. The first-order valence-electron chi connectivity index (χ1n) is 4.23. The standard InChI is InChI=1S/C10H15NO/c1-3-11-7-9(2)6-10-4-5-12-8-10/h4-6,8,11H,3,7H2,1-2H3. The topological polar surface area (TPSA) is 25.2 Å². The third kappa shape index (κ3) is 2.93. The lowest BCUT2D eigenvalue weighted by molar-refractivity contribution is 0.567. The van der Waals surface area contributed by atoms with Crippen molar-refractivity contribution in [1.82, 2.24) is 5.32 Å². The quantitative estimate of drug-likeness (QED) is 0.740. The first kappa shape index (κ1) is 9.07. The minimum absolute atomic E-state index is 0.946. The van der Waals surface area contributed by atoms with E-state index < -0.39 is 0 Å². The molecule has 0 saturated heterocycles. The van der Waals surface area contributed by atoms with Gasteiger partial charge < -0.3 is 9.73 Å². The molecule has 1 rings (SSSR count). The van der Waals surface area contributed by atoms with E-state index in [1.807, 2.05) is 6.07 Å². The number of hydrogen-bond donors (Lipinski definition) is 1. The molecule has 0 bridgehead atoms. The van der Waals surface area contributed by atoms with Gasteiger partial charge in [-0.15, -0.1) is 0 Å². The second-order valence-electron chi connectivity index (χ2n) is 2.83. The summed E-state index contributed by atoms with van der Waals surface area (Å²) in [6, 6.07) is 1.95. The first-order chi connectivity index (χ1) is 5.83. The van der Waals surface area contributed by atoms with Crippen molar-refractivity contribution in [3.05, 3.63) is 29.7 Å². The average Bonchev–Trinajstić information content (AvgIpc) is 2.53. The molecule has 2 heteroatoms. The molecule has 1 aromatic heterocycles. The van der Waals surface area contributed by atoms with E-state index in [1.54, 1.807) is 12.5 Å². The molecule has 0 aliphatic rings. The van der Waals surface area contributed by atoms with Crippen LogP contribution in [0, 0.1) is 0 Å². The van der Waals surface area contributed by atoms with Gasteiger partial charge >= 0.3 is 0 Å². The number of rotatable bonds is 4. The highest BCUT2D eigenvalue weighted by Crippen LogP contribution is 2.05. The number of furan rings is 1.